The topological polar surface area (TPSA) is 94.1 Å². The molecule has 0 aliphatic rings. The Bertz CT molecular complexity index is 1180. The Labute approximate surface area is 423 Å². The van der Waals surface area contributed by atoms with E-state index in [1.165, 1.54) is 205 Å². The van der Waals surface area contributed by atoms with Crippen molar-refractivity contribution < 1.29 is 37.3 Å². The smallest absolute Gasteiger partial charge is 0.306 e. The van der Waals surface area contributed by atoms with E-state index in [9.17, 15) is 14.3 Å². The van der Waals surface area contributed by atoms with Crippen LogP contribution < -0.4 is 4.89 Å². The van der Waals surface area contributed by atoms with Crippen molar-refractivity contribution in [2.45, 2.75) is 283 Å². The highest BCUT2D eigenvalue weighted by Crippen LogP contribution is 2.38. The maximum absolute atomic E-state index is 12.8. The van der Waals surface area contributed by atoms with Crippen LogP contribution in [-0.2, 0) is 27.9 Å². The number of allylic oxidation sites excluding steroid dienone is 6. The van der Waals surface area contributed by atoms with Gasteiger partial charge in [-0.25, -0.2) is 0 Å². The van der Waals surface area contributed by atoms with Gasteiger partial charge in [-0.15, -0.1) is 0 Å². The van der Waals surface area contributed by atoms with Crippen molar-refractivity contribution in [1.82, 2.24) is 0 Å². The molecule has 0 fully saturated rings. The van der Waals surface area contributed by atoms with Crippen LogP contribution in [0.2, 0.25) is 0 Å². The van der Waals surface area contributed by atoms with Gasteiger partial charge in [0.25, 0.3) is 7.82 Å². The molecule has 0 spiro atoms. The van der Waals surface area contributed by atoms with Crippen molar-refractivity contribution in [2.24, 2.45) is 0 Å². The number of quaternary nitrogens is 1. The molecule has 2 unspecified atom stereocenters. The number of unbranched alkanes of at least 4 members (excludes halogenated alkanes) is 35. The summed E-state index contributed by atoms with van der Waals surface area (Å²) in [6.45, 7) is 5.45. The summed E-state index contributed by atoms with van der Waals surface area (Å²) >= 11 is 0. The number of phosphoric acid groups is 1. The van der Waals surface area contributed by atoms with Gasteiger partial charge < -0.3 is 27.9 Å². The minimum absolute atomic E-state index is 0.0259. The second-order valence-electron chi connectivity index (χ2n) is 21.0. The molecule has 0 aromatic heterocycles. The van der Waals surface area contributed by atoms with Gasteiger partial charge in [-0.05, 0) is 51.4 Å². The molecular formula is C59H114NO7P. The van der Waals surface area contributed by atoms with Crippen molar-refractivity contribution in [1.29, 1.82) is 0 Å². The van der Waals surface area contributed by atoms with E-state index >= 15 is 0 Å². The molecule has 8 nitrogen and oxygen atoms in total. The molecule has 68 heavy (non-hydrogen) atoms. The fourth-order valence-electron chi connectivity index (χ4n) is 8.44. The highest BCUT2D eigenvalue weighted by molar-refractivity contribution is 7.45. The number of carbonyl (C=O) groups excluding carboxylic acids is 1. The number of phosphoric ester groups is 1. The maximum Gasteiger partial charge on any atom is 0.306 e. The summed E-state index contributed by atoms with van der Waals surface area (Å²) in [4.78, 5) is 25.3. The Balaban J connectivity index is 4.07. The number of carbonyl (C=O) groups is 1. The van der Waals surface area contributed by atoms with Gasteiger partial charge in [-0.3, -0.25) is 9.36 Å². The Kier molecular flexibility index (Phi) is 51.1. The van der Waals surface area contributed by atoms with Crippen LogP contribution in [-0.4, -0.2) is 70.7 Å². The summed E-state index contributed by atoms with van der Waals surface area (Å²) in [5, 5.41) is 0. The average molecular weight is 981 g/mol. The number of hydrogen-bond acceptors (Lipinski definition) is 7. The summed E-state index contributed by atoms with van der Waals surface area (Å²) in [6, 6.07) is 0. The van der Waals surface area contributed by atoms with Gasteiger partial charge in [0.05, 0.1) is 34.4 Å². The Morgan fingerprint density at radius 2 is 0.809 bits per heavy atom. The van der Waals surface area contributed by atoms with Crippen LogP contribution in [0.3, 0.4) is 0 Å². The largest absolute Gasteiger partial charge is 0.756 e. The molecule has 0 amide bonds. The van der Waals surface area contributed by atoms with Crippen molar-refractivity contribution in [3.8, 4) is 0 Å². The van der Waals surface area contributed by atoms with Crippen molar-refractivity contribution in [3.05, 3.63) is 36.5 Å². The van der Waals surface area contributed by atoms with Crippen LogP contribution in [0.4, 0.5) is 0 Å². The molecule has 0 heterocycles. The molecule has 0 saturated carbocycles. The SMILES string of the molecule is CCCCCCC/C=C\C/C=C\C/C=C\CCCCCCCCCCC(=O)OC(COCCCCCCCCCCCCCCCCCCCCCCCCC)COP(=O)([O-])OCC[N+](C)(C)C. The number of esters is 1. The highest BCUT2D eigenvalue weighted by atomic mass is 31.2. The minimum atomic E-state index is -4.54. The molecule has 0 rings (SSSR count). The third-order valence-electron chi connectivity index (χ3n) is 12.9. The first kappa shape index (κ1) is 66.7. The highest BCUT2D eigenvalue weighted by Gasteiger charge is 2.20. The zero-order chi connectivity index (χ0) is 49.8. The van der Waals surface area contributed by atoms with Crippen LogP contribution in [0, 0.1) is 0 Å². The lowest BCUT2D eigenvalue weighted by Crippen LogP contribution is -2.37. The Morgan fingerprint density at radius 1 is 0.456 bits per heavy atom. The van der Waals surface area contributed by atoms with Crippen LogP contribution in [0.15, 0.2) is 36.5 Å². The zero-order valence-electron chi connectivity index (χ0n) is 45.8. The number of likely N-dealkylation sites (N-methyl/N-ethyl adjacent to an activating group) is 1. The molecule has 0 aromatic rings. The van der Waals surface area contributed by atoms with Crippen LogP contribution in [0.1, 0.15) is 277 Å². The summed E-state index contributed by atoms with van der Waals surface area (Å²) < 4.78 is 34.9. The van der Waals surface area contributed by atoms with E-state index in [-0.39, 0.29) is 25.8 Å². The standard InChI is InChI=1S/C59H114NO7P/c1-6-8-10-12-14-16-18-20-22-24-26-28-30-32-34-36-38-40-42-44-46-48-50-52-59(61)67-58(57-66-68(62,63)65-55-53-60(3,4)5)56-64-54-51-49-47-45-43-41-39-37-35-33-31-29-27-25-23-21-19-17-15-13-11-9-7-2/h18,20,24,26,30,32,58H,6-17,19,21-23,25,27-29,31,33-57H2,1-5H3/b20-18-,26-24-,32-30-. The van der Waals surface area contributed by atoms with E-state index in [1.54, 1.807) is 0 Å². The lowest BCUT2D eigenvalue weighted by atomic mass is 10.0. The third-order valence-corrected chi connectivity index (χ3v) is 13.9. The van der Waals surface area contributed by atoms with Gasteiger partial charge in [0.15, 0.2) is 0 Å². The first-order valence-corrected chi connectivity index (χ1v) is 30.7. The van der Waals surface area contributed by atoms with E-state index in [0.717, 1.165) is 51.4 Å². The number of ether oxygens (including phenoxy) is 2. The van der Waals surface area contributed by atoms with Gasteiger partial charge in [0.1, 0.15) is 19.3 Å². The molecule has 0 aliphatic heterocycles. The molecular weight excluding hydrogens is 866 g/mol. The molecule has 0 saturated heterocycles. The fraction of sp³-hybridized carbons (Fsp3) is 0.881. The van der Waals surface area contributed by atoms with Gasteiger partial charge in [-0.1, -0.05) is 256 Å². The zero-order valence-corrected chi connectivity index (χ0v) is 46.7. The van der Waals surface area contributed by atoms with Gasteiger partial charge in [0.2, 0.25) is 0 Å². The van der Waals surface area contributed by atoms with E-state index in [2.05, 4.69) is 50.3 Å². The molecule has 9 heteroatoms. The molecule has 0 N–H and O–H groups in total. The average Bonchev–Trinajstić information content (AvgIpc) is 3.30. The van der Waals surface area contributed by atoms with E-state index in [0.29, 0.717) is 24.1 Å². The van der Waals surface area contributed by atoms with Gasteiger partial charge in [-0.2, -0.15) is 0 Å². The number of hydrogen-bond donors (Lipinski definition) is 0. The predicted octanol–water partition coefficient (Wildman–Crippen LogP) is 17.8. The molecule has 0 aromatic carbocycles. The van der Waals surface area contributed by atoms with Crippen molar-refractivity contribution in [2.75, 3.05) is 54.1 Å². The Morgan fingerprint density at radius 3 is 1.21 bits per heavy atom. The van der Waals surface area contributed by atoms with E-state index < -0.39 is 13.9 Å². The Hall–Kier alpha value is -1.28. The third kappa shape index (κ3) is 55.6. The first-order chi connectivity index (χ1) is 33.1. The van der Waals surface area contributed by atoms with Crippen molar-refractivity contribution >= 4 is 13.8 Å². The second-order valence-corrected chi connectivity index (χ2v) is 22.4. The van der Waals surface area contributed by atoms with E-state index in [4.69, 9.17) is 18.5 Å². The first-order valence-electron chi connectivity index (χ1n) is 29.2. The van der Waals surface area contributed by atoms with Gasteiger partial charge in [0, 0.05) is 13.0 Å². The van der Waals surface area contributed by atoms with Crippen LogP contribution in [0.5, 0.6) is 0 Å². The summed E-state index contributed by atoms with van der Waals surface area (Å²) in [7, 11) is 1.36. The minimum Gasteiger partial charge on any atom is -0.756 e. The van der Waals surface area contributed by atoms with Crippen LogP contribution >= 0.6 is 7.82 Å². The lowest BCUT2D eigenvalue weighted by molar-refractivity contribution is -0.870. The monoisotopic (exact) mass is 980 g/mol. The number of rotatable bonds is 55. The van der Waals surface area contributed by atoms with Gasteiger partial charge >= 0.3 is 5.97 Å². The van der Waals surface area contributed by atoms with Crippen molar-refractivity contribution in [3.63, 3.8) is 0 Å². The second kappa shape index (κ2) is 52.1. The molecule has 2 atom stereocenters. The molecule has 0 aliphatic carbocycles. The lowest BCUT2D eigenvalue weighted by Gasteiger charge is -2.28. The fourth-order valence-corrected chi connectivity index (χ4v) is 9.17. The molecule has 0 bridgehead atoms. The summed E-state index contributed by atoms with van der Waals surface area (Å²) in [5.41, 5.74) is 0. The summed E-state index contributed by atoms with van der Waals surface area (Å²) in [5.74, 6) is -0.336. The molecule has 402 valence electrons. The normalized spacial score (nSPS) is 13.7. The maximum atomic E-state index is 12.8. The number of nitrogens with zero attached hydrogens (tertiary/aromatic N) is 1. The van der Waals surface area contributed by atoms with E-state index in [1.807, 2.05) is 21.1 Å². The summed E-state index contributed by atoms with van der Waals surface area (Å²) in [6.07, 6.45) is 64.7. The molecule has 0 radical (unpaired) electrons. The quantitative estimate of drug-likeness (QED) is 0.0197. The van der Waals surface area contributed by atoms with Crippen LogP contribution in [0.25, 0.3) is 0 Å². The predicted molar refractivity (Wildman–Crippen MR) is 291 cm³/mol.